The van der Waals surface area contributed by atoms with Crippen LogP contribution < -0.4 is 0 Å². The van der Waals surface area contributed by atoms with Crippen LogP contribution in [-0.2, 0) is 19.0 Å². The lowest BCUT2D eigenvalue weighted by Gasteiger charge is -2.28. The van der Waals surface area contributed by atoms with Gasteiger partial charge in [0, 0.05) is 11.5 Å². The number of ether oxygens (including phenoxy) is 3. The SMILES string of the molecule is C=C(C)C(=O)OCCOC1CCC(C2=NCCO2)CC1. The Morgan fingerprint density at radius 3 is 2.70 bits per heavy atom. The molecule has 5 nitrogen and oxygen atoms in total. The molecule has 20 heavy (non-hydrogen) atoms. The molecule has 0 aromatic carbocycles. The molecule has 2 rings (SSSR count). The molecular weight excluding hydrogens is 258 g/mol. The van der Waals surface area contributed by atoms with E-state index in [9.17, 15) is 4.79 Å². The fourth-order valence-corrected chi connectivity index (χ4v) is 2.55. The molecule has 0 bridgehead atoms. The number of esters is 1. The van der Waals surface area contributed by atoms with Crippen molar-refractivity contribution in [2.75, 3.05) is 26.4 Å². The maximum absolute atomic E-state index is 11.2. The highest BCUT2D eigenvalue weighted by molar-refractivity contribution is 5.86. The molecular formula is C15H23NO4. The van der Waals surface area contributed by atoms with Crippen LogP contribution >= 0.6 is 0 Å². The number of rotatable bonds is 6. The molecule has 1 heterocycles. The summed E-state index contributed by atoms with van der Waals surface area (Å²) in [6.07, 6.45) is 4.42. The van der Waals surface area contributed by atoms with Crippen LogP contribution in [0.25, 0.3) is 0 Å². The quantitative estimate of drug-likeness (QED) is 0.425. The fourth-order valence-electron chi connectivity index (χ4n) is 2.55. The molecule has 1 aliphatic carbocycles. The van der Waals surface area contributed by atoms with Crippen molar-refractivity contribution in [2.45, 2.75) is 38.7 Å². The van der Waals surface area contributed by atoms with E-state index in [4.69, 9.17) is 14.2 Å². The third-order valence-corrected chi connectivity index (χ3v) is 3.65. The number of aliphatic imine (C=N–C) groups is 1. The van der Waals surface area contributed by atoms with Crippen LogP contribution in [0, 0.1) is 5.92 Å². The highest BCUT2D eigenvalue weighted by Crippen LogP contribution is 2.28. The average molecular weight is 281 g/mol. The van der Waals surface area contributed by atoms with Gasteiger partial charge in [-0.1, -0.05) is 6.58 Å². The fraction of sp³-hybridized carbons (Fsp3) is 0.733. The van der Waals surface area contributed by atoms with Gasteiger partial charge >= 0.3 is 5.97 Å². The van der Waals surface area contributed by atoms with E-state index in [0.29, 0.717) is 24.7 Å². The Hall–Kier alpha value is -1.36. The Bertz CT molecular complexity index is 383. The zero-order valence-electron chi connectivity index (χ0n) is 12.1. The van der Waals surface area contributed by atoms with Crippen LogP contribution in [0.3, 0.4) is 0 Å². The van der Waals surface area contributed by atoms with Crippen LogP contribution in [0.5, 0.6) is 0 Å². The minimum absolute atomic E-state index is 0.261. The molecule has 0 unspecified atom stereocenters. The Labute approximate surface area is 120 Å². The molecule has 0 aromatic rings. The summed E-state index contributed by atoms with van der Waals surface area (Å²) in [5, 5.41) is 0. The van der Waals surface area contributed by atoms with Crippen molar-refractivity contribution in [2.24, 2.45) is 10.9 Å². The van der Waals surface area contributed by atoms with Gasteiger partial charge < -0.3 is 14.2 Å². The molecule has 2 aliphatic rings. The Morgan fingerprint density at radius 1 is 1.35 bits per heavy atom. The van der Waals surface area contributed by atoms with Gasteiger partial charge in [-0.25, -0.2) is 4.79 Å². The zero-order valence-corrected chi connectivity index (χ0v) is 12.1. The number of nitrogens with zero attached hydrogens (tertiary/aromatic N) is 1. The number of carbonyl (C=O) groups excluding carboxylic acids is 1. The minimum Gasteiger partial charge on any atom is -0.479 e. The molecule has 0 amide bonds. The molecule has 0 atom stereocenters. The summed E-state index contributed by atoms with van der Waals surface area (Å²) in [6.45, 7) is 7.45. The van der Waals surface area contributed by atoms with Gasteiger partial charge in [-0.05, 0) is 32.6 Å². The predicted octanol–water partition coefficient (Wildman–Crippen LogP) is 2.11. The third kappa shape index (κ3) is 4.34. The number of carbonyl (C=O) groups is 1. The van der Waals surface area contributed by atoms with Gasteiger partial charge in [0.2, 0.25) is 0 Å². The summed E-state index contributed by atoms with van der Waals surface area (Å²) >= 11 is 0. The summed E-state index contributed by atoms with van der Waals surface area (Å²) in [7, 11) is 0. The van der Waals surface area contributed by atoms with Crippen LogP contribution in [0.4, 0.5) is 0 Å². The smallest absolute Gasteiger partial charge is 0.333 e. The van der Waals surface area contributed by atoms with Gasteiger partial charge in [-0.2, -0.15) is 0 Å². The second-order valence-electron chi connectivity index (χ2n) is 5.33. The molecule has 112 valence electrons. The van der Waals surface area contributed by atoms with Crippen LogP contribution in [0.1, 0.15) is 32.6 Å². The topological polar surface area (TPSA) is 57.1 Å². The lowest BCUT2D eigenvalue weighted by Crippen LogP contribution is -2.27. The first kappa shape index (κ1) is 15.0. The van der Waals surface area contributed by atoms with Crippen molar-refractivity contribution in [3.8, 4) is 0 Å². The maximum Gasteiger partial charge on any atom is 0.333 e. The van der Waals surface area contributed by atoms with E-state index in [1.807, 2.05) is 0 Å². The first-order valence-electron chi connectivity index (χ1n) is 7.28. The van der Waals surface area contributed by atoms with Crippen LogP contribution in [0.2, 0.25) is 0 Å². The van der Waals surface area contributed by atoms with E-state index in [0.717, 1.165) is 44.7 Å². The zero-order chi connectivity index (χ0) is 14.4. The Morgan fingerprint density at radius 2 is 2.10 bits per heavy atom. The summed E-state index contributed by atoms with van der Waals surface area (Å²) in [5.74, 6) is 1.06. The van der Waals surface area contributed by atoms with Crippen LogP contribution in [-0.4, -0.2) is 44.3 Å². The third-order valence-electron chi connectivity index (χ3n) is 3.65. The van der Waals surface area contributed by atoms with E-state index in [1.165, 1.54) is 0 Å². The largest absolute Gasteiger partial charge is 0.479 e. The molecule has 0 N–H and O–H groups in total. The summed E-state index contributed by atoms with van der Waals surface area (Å²) in [5.41, 5.74) is 0.419. The van der Waals surface area contributed by atoms with Crippen molar-refractivity contribution >= 4 is 11.9 Å². The van der Waals surface area contributed by atoms with Crippen molar-refractivity contribution in [3.05, 3.63) is 12.2 Å². The van der Waals surface area contributed by atoms with Gasteiger partial charge in [0.15, 0.2) is 5.90 Å². The van der Waals surface area contributed by atoms with Gasteiger partial charge in [0.25, 0.3) is 0 Å². The van der Waals surface area contributed by atoms with Crippen molar-refractivity contribution in [1.29, 1.82) is 0 Å². The molecule has 0 aromatic heterocycles. The second-order valence-corrected chi connectivity index (χ2v) is 5.33. The Kier molecular flexibility index (Phi) is 5.59. The van der Waals surface area contributed by atoms with Crippen LogP contribution in [0.15, 0.2) is 17.1 Å². The molecule has 0 radical (unpaired) electrons. The van der Waals surface area contributed by atoms with Crippen molar-refractivity contribution in [3.63, 3.8) is 0 Å². The van der Waals surface area contributed by atoms with Gasteiger partial charge in [-0.3, -0.25) is 4.99 Å². The second kappa shape index (κ2) is 7.43. The van der Waals surface area contributed by atoms with Crippen molar-refractivity contribution < 1.29 is 19.0 Å². The molecule has 0 saturated heterocycles. The molecule has 1 saturated carbocycles. The monoisotopic (exact) mass is 281 g/mol. The Balaban J connectivity index is 1.58. The minimum atomic E-state index is -0.353. The highest BCUT2D eigenvalue weighted by atomic mass is 16.6. The standard InChI is InChI=1S/C15H23NO4/c1-11(2)15(17)20-10-9-18-13-5-3-12(4-6-13)14-16-7-8-19-14/h12-13H,1,3-10H2,2H3. The van der Waals surface area contributed by atoms with E-state index in [-0.39, 0.29) is 12.1 Å². The number of hydrogen-bond acceptors (Lipinski definition) is 5. The lowest BCUT2D eigenvalue weighted by molar-refractivity contribution is -0.141. The molecule has 1 fully saturated rings. The number of hydrogen-bond donors (Lipinski definition) is 0. The molecule has 5 heteroatoms. The summed E-state index contributed by atoms with van der Waals surface area (Å²) in [4.78, 5) is 15.6. The molecule has 0 spiro atoms. The molecule has 1 aliphatic heterocycles. The van der Waals surface area contributed by atoms with E-state index < -0.39 is 0 Å². The maximum atomic E-state index is 11.2. The first-order chi connectivity index (χ1) is 9.66. The lowest BCUT2D eigenvalue weighted by atomic mass is 9.87. The first-order valence-corrected chi connectivity index (χ1v) is 7.28. The van der Waals surface area contributed by atoms with E-state index in [1.54, 1.807) is 6.92 Å². The summed E-state index contributed by atoms with van der Waals surface area (Å²) in [6, 6.07) is 0. The highest BCUT2D eigenvalue weighted by Gasteiger charge is 2.27. The summed E-state index contributed by atoms with van der Waals surface area (Å²) < 4.78 is 16.2. The van der Waals surface area contributed by atoms with Crippen molar-refractivity contribution in [1.82, 2.24) is 0 Å². The van der Waals surface area contributed by atoms with E-state index in [2.05, 4.69) is 11.6 Å². The van der Waals surface area contributed by atoms with Gasteiger partial charge in [0.05, 0.1) is 19.3 Å². The average Bonchev–Trinajstić information content (AvgIpc) is 2.98. The van der Waals surface area contributed by atoms with Gasteiger partial charge in [0.1, 0.15) is 13.2 Å². The predicted molar refractivity (Wildman–Crippen MR) is 75.7 cm³/mol. The van der Waals surface area contributed by atoms with E-state index >= 15 is 0 Å². The van der Waals surface area contributed by atoms with Gasteiger partial charge in [-0.15, -0.1) is 0 Å². The normalized spacial score (nSPS) is 25.8.